The lowest BCUT2D eigenvalue weighted by Gasteiger charge is -2.17. The molecule has 0 bridgehead atoms. The van der Waals surface area contributed by atoms with Crippen LogP contribution in [0.1, 0.15) is 0 Å². The molecule has 0 saturated heterocycles. The third-order valence-corrected chi connectivity index (χ3v) is 8.31. The molecule has 1 nitrogen and oxygen atoms in total. The summed E-state index contributed by atoms with van der Waals surface area (Å²) in [5.41, 5.74) is 11.8. The molecule has 0 spiro atoms. The van der Waals surface area contributed by atoms with Crippen LogP contribution in [0.4, 0.5) is 0 Å². The summed E-state index contributed by atoms with van der Waals surface area (Å²) >= 11 is 7.44. The molecule has 0 atom stereocenters. The summed E-state index contributed by atoms with van der Waals surface area (Å²) in [6.07, 6.45) is 0. The first kappa shape index (κ1) is 24.1. The summed E-state index contributed by atoms with van der Waals surface area (Å²) < 4.78 is 2.12. The number of nitrogens with one attached hydrogen (secondary N) is 1. The Morgan fingerprint density at radius 1 is 0.410 bits per heavy atom. The van der Waals surface area contributed by atoms with Gasteiger partial charge < -0.3 is 4.98 Å². The molecule has 6 aromatic carbocycles. The van der Waals surface area contributed by atoms with Crippen LogP contribution in [0.2, 0.25) is 0 Å². The van der Waals surface area contributed by atoms with Gasteiger partial charge in [-0.05, 0) is 75.3 Å². The highest BCUT2D eigenvalue weighted by Gasteiger charge is 2.22. The third-order valence-electron chi connectivity index (χ3n) is 7.32. The van der Waals surface area contributed by atoms with Crippen molar-refractivity contribution in [3.8, 4) is 44.5 Å². The van der Waals surface area contributed by atoms with Crippen LogP contribution in [0.15, 0.2) is 142 Å². The largest absolute Gasteiger partial charge is 0.354 e. The standard InChI is InChI=1S/C36H23Br2N/c37-27-16-7-14-25(20-27)31-22-30(24-12-5-2-6-13-24)35-34-29(23-10-3-1-4-11-23)18-9-19-32(34)39-36(35)33(31)26-15-8-17-28(38)21-26/h1-22,39H. The van der Waals surface area contributed by atoms with Gasteiger partial charge in [-0.1, -0.05) is 129 Å². The first-order chi connectivity index (χ1) is 19.2. The second-order valence-corrected chi connectivity index (χ2v) is 11.5. The summed E-state index contributed by atoms with van der Waals surface area (Å²) in [6, 6.07) is 47.6. The van der Waals surface area contributed by atoms with Gasteiger partial charge in [-0.25, -0.2) is 0 Å². The minimum atomic E-state index is 1.06. The summed E-state index contributed by atoms with van der Waals surface area (Å²) in [7, 11) is 0. The molecular weight excluding hydrogens is 606 g/mol. The van der Waals surface area contributed by atoms with Gasteiger partial charge in [-0.3, -0.25) is 0 Å². The van der Waals surface area contributed by atoms with Crippen molar-refractivity contribution in [3.63, 3.8) is 0 Å². The molecule has 0 fully saturated rings. The molecule has 0 amide bonds. The van der Waals surface area contributed by atoms with Gasteiger partial charge in [0.2, 0.25) is 0 Å². The van der Waals surface area contributed by atoms with Crippen LogP contribution in [0.5, 0.6) is 0 Å². The normalized spacial score (nSPS) is 11.3. The molecule has 1 aromatic heterocycles. The van der Waals surface area contributed by atoms with Crippen LogP contribution >= 0.6 is 31.9 Å². The van der Waals surface area contributed by atoms with E-state index in [4.69, 9.17) is 0 Å². The Morgan fingerprint density at radius 2 is 0.974 bits per heavy atom. The predicted octanol–water partition coefficient (Wildman–Crippen LogP) is 11.5. The molecule has 1 N–H and O–H groups in total. The van der Waals surface area contributed by atoms with Crippen LogP contribution in [0, 0.1) is 0 Å². The maximum atomic E-state index is 3.88. The Kier molecular flexibility index (Phi) is 6.19. The smallest absolute Gasteiger partial charge is 0.0557 e. The number of aromatic amines is 1. The van der Waals surface area contributed by atoms with Crippen LogP contribution in [0.3, 0.4) is 0 Å². The van der Waals surface area contributed by atoms with Gasteiger partial charge in [0.15, 0.2) is 0 Å². The van der Waals surface area contributed by atoms with Gasteiger partial charge >= 0.3 is 0 Å². The first-order valence-electron chi connectivity index (χ1n) is 12.9. The summed E-state index contributed by atoms with van der Waals surface area (Å²) in [5.74, 6) is 0. The van der Waals surface area contributed by atoms with Gasteiger partial charge in [0.1, 0.15) is 0 Å². The molecule has 1 heterocycles. The van der Waals surface area contributed by atoms with E-state index in [1.54, 1.807) is 0 Å². The summed E-state index contributed by atoms with van der Waals surface area (Å²) in [6.45, 7) is 0. The van der Waals surface area contributed by atoms with Crippen LogP contribution in [-0.4, -0.2) is 4.98 Å². The number of hydrogen-bond donors (Lipinski definition) is 1. The average molecular weight is 629 g/mol. The number of fused-ring (bicyclic) bond motifs is 3. The molecule has 0 aliphatic carbocycles. The SMILES string of the molecule is Brc1cccc(-c2cc(-c3ccccc3)c3c([nH]c4cccc(-c5ccccc5)c43)c2-c2cccc(Br)c2)c1. The number of hydrogen-bond acceptors (Lipinski definition) is 0. The molecule has 7 aromatic rings. The fraction of sp³-hybridized carbons (Fsp3) is 0. The van der Waals surface area contributed by atoms with Crippen molar-refractivity contribution in [1.82, 2.24) is 4.98 Å². The molecule has 0 unspecified atom stereocenters. The minimum absolute atomic E-state index is 1.06. The molecule has 0 aliphatic rings. The van der Waals surface area contributed by atoms with Crippen molar-refractivity contribution in [3.05, 3.63) is 142 Å². The van der Waals surface area contributed by atoms with Gasteiger partial charge in [0, 0.05) is 30.8 Å². The highest BCUT2D eigenvalue weighted by molar-refractivity contribution is 9.10. The lowest BCUT2D eigenvalue weighted by Crippen LogP contribution is -1.91. The topological polar surface area (TPSA) is 15.8 Å². The molecule has 0 aliphatic heterocycles. The number of aromatic nitrogens is 1. The predicted molar refractivity (Wildman–Crippen MR) is 173 cm³/mol. The average Bonchev–Trinajstić information content (AvgIpc) is 3.37. The van der Waals surface area contributed by atoms with Gasteiger partial charge in [0.05, 0.1) is 5.52 Å². The summed E-state index contributed by atoms with van der Waals surface area (Å²) in [4.78, 5) is 3.88. The second kappa shape index (κ2) is 10.00. The van der Waals surface area contributed by atoms with Crippen molar-refractivity contribution >= 4 is 53.7 Å². The van der Waals surface area contributed by atoms with E-state index in [1.807, 2.05) is 0 Å². The number of rotatable bonds is 4. The van der Waals surface area contributed by atoms with E-state index in [0.29, 0.717) is 0 Å². The maximum absolute atomic E-state index is 3.88. The number of benzene rings is 6. The van der Waals surface area contributed by atoms with Crippen molar-refractivity contribution in [1.29, 1.82) is 0 Å². The molecule has 39 heavy (non-hydrogen) atoms. The Hall–Kier alpha value is -3.92. The molecule has 3 heteroatoms. The van der Waals surface area contributed by atoms with E-state index < -0.39 is 0 Å². The van der Waals surface area contributed by atoms with Gasteiger partial charge in [-0.15, -0.1) is 0 Å². The first-order valence-corrected chi connectivity index (χ1v) is 14.5. The van der Waals surface area contributed by atoms with Crippen LogP contribution in [-0.2, 0) is 0 Å². The van der Waals surface area contributed by atoms with Gasteiger partial charge in [-0.2, -0.15) is 0 Å². The molecule has 0 radical (unpaired) electrons. The number of halogens is 2. The van der Waals surface area contributed by atoms with E-state index in [9.17, 15) is 0 Å². The zero-order chi connectivity index (χ0) is 26.3. The van der Waals surface area contributed by atoms with Crippen molar-refractivity contribution in [2.75, 3.05) is 0 Å². The Labute approximate surface area is 244 Å². The monoisotopic (exact) mass is 627 g/mol. The van der Waals surface area contributed by atoms with Crippen molar-refractivity contribution < 1.29 is 0 Å². The van der Waals surface area contributed by atoms with Gasteiger partial charge in [0.25, 0.3) is 0 Å². The van der Waals surface area contributed by atoms with E-state index in [2.05, 4.69) is 170 Å². The Morgan fingerprint density at radius 3 is 1.64 bits per heavy atom. The van der Waals surface area contributed by atoms with Crippen LogP contribution in [0.25, 0.3) is 66.3 Å². The quantitative estimate of drug-likeness (QED) is 0.199. The zero-order valence-corrected chi connectivity index (χ0v) is 24.1. The summed E-state index contributed by atoms with van der Waals surface area (Å²) in [5, 5.41) is 2.49. The Balaban J connectivity index is 1.71. The molecule has 7 rings (SSSR count). The Bertz CT molecular complexity index is 1970. The second-order valence-electron chi connectivity index (χ2n) is 9.70. The lowest BCUT2D eigenvalue weighted by atomic mass is 9.86. The molecule has 0 saturated carbocycles. The third kappa shape index (κ3) is 4.32. The fourth-order valence-corrected chi connectivity index (χ4v) is 6.46. The van der Waals surface area contributed by atoms with E-state index in [0.717, 1.165) is 25.5 Å². The van der Waals surface area contributed by atoms with Crippen molar-refractivity contribution in [2.45, 2.75) is 0 Å². The zero-order valence-electron chi connectivity index (χ0n) is 21.0. The highest BCUT2D eigenvalue weighted by Crippen LogP contribution is 2.48. The fourth-order valence-electron chi connectivity index (χ4n) is 5.66. The van der Waals surface area contributed by atoms with Crippen LogP contribution < -0.4 is 0 Å². The van der Waals surface area contributed by atoms with Crippen molar-refractivity contribution in [2.24, 2.45) is 0 Å². The minimum Gasteiger partial charge on any atom is -0.354 e. The van der Waals surface area contributed by atoms with E-state index in [1.165, 1.54) is 49.7 Å². The molecular formula is C36H23Br2N. The van der Waals surface area contributed by atoms with E-state index in [-0.39, 0.29) is 0 Å². The molecule has 186 valence electrons. The maximum Gasteiger partial charge on any atom is 0.0557 e. The number of H-pyrrole nitrogens is 1. The highest BCUT2D eigenvalue weighted by atomic mass is 79.9. The van der Waals surface area contributed by atoms with E-state index >= 15 is 0 Å². The lowest BCUT2D eigenvalue weighted by molar-refractivity contribution is 1.51.